The number of alkyl halides is 3. The Morgan fingerprint density at radius 2 is 1.91 bits per heavy atom. The highest BCUT2D eigenvalue weighted by Crippen LogP contribution is 2.35. The van der Waals surface area contributed by atoms with Crippen LogP contribution in [0.4, 0.5) is 29.5 Å². The number of carbonyl (C=O) groups is 2. The third kappa shape index (κ3) is 2.97. The molecule has 1 atom stereocenters. The number of imide groups is 1. The lowest BCUT2D eigenvalue weighted by atomic mass is 10.1. The molecule has 2 aliphatic rings. The summed E-state index contributed by atoms with van der Waals surface area (Å²) >= 11 is 0. The third-order valence-corrected chi connectivity index (χ3v) is 5.73. The SMILES string of the molecule is Cc1noc(C)c1N1C(=O)C2CN(c3nccc4nc(C(F)(F)F)ccc34)CCN2C1=O. The fourth-order valence-corrected chi connectivity index (χ4v) is 4.24. The first-order valence-corrected chi connectivity index (χ1v) is 9.82. The van der Waals surface area contributed by atoms with Crippen LogP contribution in [-0.4, -0.2) is 57.6 Å². The maximum atomic E-state index is 13.2. The number of fused-ring (bicyclic) bond motifs is 2. The quantitative estimate of drug-likeness (QED) is 0.559. The molecule has 5 heterocycles. The molecule has 32 heavy (non-hydrogen) atoms. The van der Waals surface area contributed by atoms with Crippen molar-refractivity contribution < 1.29 is 27.3 Å². The largest absolute Gasteiger partial charge is 0.433 e. The van der Waals surface area contributed by atoms with Crippen molar-refractivity contribution in [1.82, 2.24) is 20.0 Å². The minimum Gasteiger partial charge on any atom is -0.359 e. The lowest BCUT2D eigenvalue weighted by Crippen LogP contribution is -2.53. The van der Waals surface area contributed by atoms with Crippen LogP contribution in [0.2, 0.25) is 0 Å². The molecule has 0 bridgehead atoms. The number of amides is 3. The summed E-state index contributed by atoms with van der Waals surface area (Å²) in [5.41, 5.74) is -0.0617. The van der Waals surface area contributed by atoms with Crippen molar-refractivity contribution in [2.24, 2.45) is 0 Å². The van der Waals surface area contributed by atoms with E-state index < -0.39 is 29.9 Å². The number of nitrogens with zero attached hydrogens (tertiary/aromatic N) is 6. The van der Waals surface area contributed by atoms with Gasteiger partial charge in [0.2, 0.25) is 0 Å². The van der Waals surface area contributed by atoms with Gasteiger partial charge in [0.15, 0.2) is 5.76 Å². The Balaban J connectivity index is 1.47. The van der Waals surface area contributed by atoms with Crippen molar-refractivity contribution >= 4 is 34.3 Å². The number of piperazine rings is 1. The van der Waals surface area contributed by atoms with Crippen LogP contribution in [0.25, 0.3) is 10.9 Å². The Morgan fingerprint density at radius 3 is 2.59 bits per heavy atom. The van der Waals surface area contributed by atoms with Crippen LogP contribution >= 0.6 is 0 Å². The highest BCUT2D eigenvalue weighted by molar-refractivity contribution is 6.22. The smallest absolute Gasteiger partial charge is 0.359 e. The van der Waals surface area contributed by atoms with Crippen molar-refractivity contribution in [2.45, 2.75) is 26.1 Å². The summed E-state index contributed by atoms with van der Waals surface area (Å²) in [4.78, 5) is 38.5. The number of anilines is 2. The molecule has 3 aromatic rings. The first-order valence-electron chi connectivity index (χ1n) is 9.82. The van der Waals surface area contributed by atoms with E-state index in [0.717, 1.165) is 11.0 Å². The van der Waals surface area contributed by atoms with Crippen LogP contribution in [0.5, 0.6) is 0 Å². The van der Waals surface area contributed by atoms with Crippen molar-refractivity contribution in [3.8, 4) is 0 Å². The molecule has 0 spiro atoms. The van der Waals surface area contributed by atoms with Crippen molar-refractivity contribution in [2.75, 3.05) is 29.4 Å². The fraction of sp³-hybridized carbons (Fsp3) is 0.350. The lowest BCUT2D eigenvalue weighted by molar-refractivity contribution is -0.141. The predicted octanol–water partition coefficient (Wildman–Crippen LogP) is 2.91. The van der Waals surface area contributed by atoms with Gasteiger partial charge in [0.25, 0.3) is 5.91 Å². The van der Waals surface area contributed by atoms with Gasteiger partial charge < -0.3 is 14.3 Å². The third-order valence-electron chi connectivity index (χ3n) is 5.73. The van der Waals surface area contributed by atoms with Crippen LogP contribution < -0.4 is 9.80 Å². The summed E-state index contributed by atoms with van der Waals surface area (Å²) in [5, 5.41) is 4.26. The highest BCUT2D eigenvalue weighted by Gasteiger charge is 2.50. The zero-order valence-corrected chi connectivity index (χ0v) is 17.0. The van der Waals surface area contributed by atoms with Crippen LogP contribution in [-0.2, 0) is 11.0 Å². The normalized spacial score (nSPS) is 19.3. The number of hydrogen-bond acceptors (Lipinski definition) is 7. The lowest BCUT2D eigenvalue weighted by Gasteiger charge is -2.36. The van der Waals surface area contributed by atoms with Crippen LogP contribution in [0.1, 0.15) is 17.1 Å². The molecule has 2 aliphatic heterocycles. The first-order chi connectivity index (χ1) is 15.2. The molecule has 3 aromatic heterocycles. The standard InChI is InChI=1S/C20H17F3N6O3/c1-10-16(11(2)32-26-10)29-18(30)14-9-27(7-8-28(14)19(29)31)17-12-3-4-15(20(21,22)23)25-13(12)5-6-24-17/h3-6,14H,7-9H2,1-2H3. The van der Waals surface area contributed by atoms with Gasteiger partial charge in [0.1, 0.15) is 28.9 Å². The van der Waals surface area contributed by atoms with Crippen molar-refractivity contribution in [3.05, 3.63) is 41.5 Å². The van der Waals surface area contributed by atoms with Gasteiger partial charge in [-0.25, -0.2) is 19.7 Å². The summed E-state index contributed by atoms with van der Waals surface area (Å²) in [6.07, 6.45) is -3.17. The molecule has 0 saturated carbocycles. The van der Waals surface area contributed by atoms with Gasteiger partial charge in [0, 0.05) is 31.2 Å². The maximum Gasteiger partial charge on any atom is 0.433 e. The zero-order valence-electron chi connectivity index (χ0n) is 17.0. The average Bonchev–Trinajstić information content (AvgIpc) is 3.21. The molecule has 166 valence electrons. The summed E-state index contributed by atoms with van der Waals surface area (Å²) in [5.74, 6) is 0.370. The molecule has 0 N–H and O–H groups in total. The number of urea groups is 1. The Kier molecular flexibility index (Phi) is 4.36. The molecular weight excluding hydrogens is 429 g/mol. The molecule has 5 rings (SSSR count). The van der Waals surface area contributed by atoms with E-state index in [1.165, 1.54) is 23.2 Å². The molecule has 9 nitrogen and oxygen atoms in total. The molecule has 2 saturated heterocycles. The molecule has 0 aromatic carbocycles. The average molecular weight is 446 g/mol. The minimum atomic E-state index is -4.55. The van der Waals surface area contributed by atoms with Gasteiger partial charge in [-0.15, -0.1) is 0 Å². The van der Waals surface area contributed by atoms with Gasteiger partial charge in [-0.05, 0) is 32.0 Å². The van der Waals surface area contributed by atoms with E-state index in [9.17, 15) is 22.8 Å². The molecule has 0 aliphatic carbocycles. The Morgan fingerprint density at radius 1 is 1.12 bits per heavy atom. The zero-order chi connectivity index (χ0) is 22.8. The van der Waals surface area contributed by atoms with Gasteiger partial charge in [-0.3, -0.25) is 4.79 Å². The van der Waals surface area contributed by atoms with Gasteiger partial charge >= 0.3 is 12.2 Å². The Labute approximate surface area is 179 Å². The van der Waals surface area contributed by atoms with E-state index in [1.807, 2.05) is 0 Å². The first kappa shape index (κ1) is 20.2. The molecule has 3 amide bonds. The number of hydrogen-bond donors (Lipinski definition) is 0. The Bertz CT molecular complexity index is 1240. The van der Waals surface area contributed by atoms with E-state index in [2.05, 4.69) is 15.1 Å². The maximum absolute atomic E-state index is 13.2. The minimum absolute atomic E-state index is 0.150. The molecule has 1 unspecified atom stereocenters. The Hall–Kier alpha value is -3.70. The van der Waals surface area contributed by atoms with E-state index >= 15 is 0 Å². The topological polar surface area (TPSA) is 95.7 Å². The molecule has 12 heteroatoms. The fourth-order valence-electron chi connectivity index (χ4n) is 4.24. The number of pyridine rings is 2. The second-order valence-corrected chi connectivity index (χ2v) is 7.68. The summed E-state index contributed by atoms with van der Waals surface area (Å²) < 4.78 is 44.2. The van der Waals surface area contributed by atoms with E-state index in [4.69, 9.17) is 4.52 Å². The number of rotatable bonds is 2. The van der Waals surface area contributed by atoms with Gasteiger partial charge in [-0.2, -0.15) is 13.2 Å². The van der Waals surface area contributed by atoms with E-state index in [1.54, 1.807) is 18.7 Å². The van der Waals surface area contributed by atoms with Crippen LogP contribution in [0.15, 0.2) is 28.9 Å². The molecule has 0 radical (unpaired) electrons. The van der Waals surface area contributed by atoms with E-state index in [-0.39, 0.29) is 18.6 Å². The van der Waals surface area contributed by atoms with E-state index in [0.29, 0.717) is 34.9 Å². The van der Waals surface area contributed by atoms with Crippen LogP contribution in [0.3, 0.4) is 0 Å². The second kappa shape index (κ2) is 6.90. The number of aromatic nitrogens is 3. The van der Waals surface area contributed by atoms with Crippen molar-refractivity contribution in [3.63, 3.8) is 0 Å². The number of halogens is 3. The molecule has 2 fully saturated rings. The van der Waals surface area contributed by atoms with Gasteiger partial charge in [-0.1, -0.05) is 5.16 Å². The number of aryl methyl sites for hydroxylation is 2. The summed E-state index contributed by atoms with van der Waals surface area (Å²) in [6, 6.07) is 2.44. The molecular formula is C20H17F3N6O3. The number of carbonyl (C=O) groups excluding carboxylic acids is 2. The van der Waals surface area contributed by atoms with Crippen molar-refractivity contribution in [1.29, 1.82) is 0 Å². The van der Waals surface area contributed by atoms with Crippen LogP contribution in [0, 0.1) is 13.8 Å². The van der Waals surface area contributed by atoms with Gasteiger partial charge in [0.05, 0.1) is 5.52 Å². The second-order valence-electron chi connectivity index (χ2n) is 7.68. The summed E-state index contributed by atoms with van der Waals surface area (Å²) in [6.45, 7) is 4.04. The highest BCUT2D eigenvalue weighted by atomic mass is 19.4. The monoisotopic (exact) mass is 446 g/mol. The summed E-state index contributed by atoms with van der Waals surface area (Å²) in [7, 11) is 0. The predicted molar refractivity (Wildman–Crippen MR) is 106 cm³/mol.